The number of aromatic nitrogens is 1. The molecule has 3 heterocycles. The Kier molecular flexibility index (Phi) is 11.4. The van der Waals surface area contributed by atoms with Gasteiger partial charge in [-0.05, 0) is 43.4 Å². The number of anilines is 1. The maximum atomic E-state index is 13.8. The van der Waals surface area contributed by atoms with Gasteiger partial charge in [0.1, 0.15) is 17.3 Å². The number of piperidine rings is 1. The number of nitrogens with zero attached hydrogens (tertiary/aromatic N) is 4. The number of hydrogen-bond donors (Lipinski definition) is 3. The van der Waals surface area contributed by atoms with Crippen molar-refractivity contribution in [3.8, 4) is 17.6 Å². The average Bonchev–Trinajstić information content (AvgIpc) is 3.32. The van der Waals surface area contributed by atoms with Crippen molar-refractivity contribution in [1.29, 1.82) is 10.7 Å². The number of rotatable bonds is 8. The van der Waals surface area contributed by atoms with E-state index in [2.05, 4.69) is 42.0 Å². The number of pyridine rings is 1. The molecular weight excluding hydrogens is 621 g/mol. The van der Waals surface area contributed by atoms with Gasteiger partial charge in [0.25, 0.3) is 5.91 Å². The Balaban J connectivity index is 0.000000771. The number of nitriles is 1. The van der Waals surface area contributed by atoms with Crippen molar-refractivity contribution in [1.82, 2.24) is 15.2 Å². The SMILES string of the molecule is CCOc1cc2c(nc1C(=O)NC)C(=N)N(CC(=O)c1cc(N3CCC(C#N)CC3)c(OC)c(C(C)(C)C)c1)C2.O=C(O)C(F)(F)F. The number of carboxylic acid groups (broad SMARTS) is 1. The molecule has 4 rings (SSSR count). The van der Waals surface area contributed by atoms with Gasteiger partial charge in [-0.3, -0.25) is 15.0 Å². The number of carbonyl (C=O) groups is 3. The number of carbonyl (C=O) groups excluding carboxylic acids is 2. The summed E-state index contributed by atoms with van der Waals surface area (Å²) in [5, 5.41) is 27.8. The van der Waals surface area contributed by atoms with E-state index in [0.717, 1.165) is 35.4 Å². The van der Waals surface area contributed by atoms with E-state index in [-0.39, 0.29) is 35.2 Å². The van der Waals surface area contributed by atoms with E-state index in [1.54, 1.807) is 18.1 Å². The zero-order valence-corrected chi connectivity index (χ0v) is 27.2. The van der Waals surface area contributed by atoms with Crippen LogP contribution in [0.1, 0.15) is 78.2 Å². The van der Waals surface area contributed by atoms with Crippen LogP contribution in [0.15, 0.2) is 18.2 Å². The number of amides is 1. The fraction of sp³-hybridized carbons (Fsp3) is 0.500. The lowest BCUT2D eigenvalue weighted by Gasteiger charge is -2.34. The van der Waals surface area contributed by atoms with Gasteiger partial charge in [0, 0.05) is 49.3 Å². The predicted octanol–water partition coefficient (Wildman–Crippen LogP) is 4.54. The topological polar surface area (TPSA) is 169 Å². The van der Waals surface area contributed by atoms with Crippen LogP contribution in [0.2, 0.25) is 0 Å². The highest BCUT2D eigenvalue weighted by molar-refractivity contribution is 6.06. The largest absolute Gasteiger partial charge is 0.494 e. The maximum Gasteiger partial charge on any atom is 0.490 e. The molecule has 3 N–H and O–H groups in total. The van der Waals surface area contributed by atoms with E-state index in [1.165, 1.54) is 7.05 Å². The summed E-state index contributed by atoms with van der Waals surface area (Å²) in [5.41, 5.74) is 3.27. The van der Waals surface area contributed by atoms with Crippen molar-refractivity contribution in [3.63, 3.8) is 0 Å². The number of benzene rings is 1. The Bertz CT molecular complexity index is 1570. The molecule has 0 atom stereocenters. The number of Topliss-reactive ketones (excluding diaryl/α,β-unsaturated/α-hetero) is 1. The van der Waals surface area contributed by atoms with E-state index in [9.17, 15) is 28.0 Å². The second kappa shape index (κ2) is 14.7. The maximum absolute atomic E-state index is 13.8. The zero-order chi connectivity index (χ0) is 35.3. The highest BCUT2D eigenvalue weighted by Crippen LogP contribution is 2.41. The number of hydrogen-bond acceptors (Lipinski definition) is 9. The van der Waals surface area contributed by atoms with Crippen LogP contribution in [0.25, 0.3) is 0 Å². The molecule has 47 heavy (non-hydrogen) atoms. The summed E-state index contributed by atoms with van der Waals surface area (Å²) < 4.78 is 43.3. The van der Waals surface area contributed by atoms with Crippen LogP contribution >= 0.6 is 0 Å². The van der Waals surface area contributed by atoms with Gasteiger partial charge < -0.3 is 29.7 Å². The number of nitrogens with one attached hydrogen (secondary N) is 2. The van der Waals surface area contributed by atoms with E-state index >= 15 is 0 Å². The lowest BCUT2D eigenvalue weighted by Crippen LogP contribution is -2.34. The van der Waals surface area contributed by atoms with Gasteiger partial charge in [-0.1, -0.05) is 20.8 Å². The van der Waals surface area contributed by atoms with Crippen LogP contribution in [0.4, 0.5) is 18.9 Å². The molecule has 0 unspecified atom stereocenters. The molecule has 1 aromatic heterocycles. The quantitative estimate of drug-likeness (QED) is 0.342. The number of ether oxygens (including phenoxy) is 2. The first-order valence-electron chi connectivity index (χ1n) is 14.9. The normalized spacial score (nSPS) is 14.9. The van der Waals surface area contributed by atoms with Crippen LogP contribution < -0.4 is 19.7 Å². The number of ketones is 1. The van der Waals surface area contributed by atoms with Crippen molar-refractivity contribution >= 4 is 29.2 Å². The Morgan fingerprint density at radius 2 is 1.79 bits per heavy atom. The third-order valence-electron chi connectivity index (χ3n) is 7.71. The molecule has 12 nitrogen and oxygen atoms in total. The number of alkyl halides is 3. The van der Waals surface area contributed by atoms with Gasteiger partial charge in [-0.25, -0.2) is 9.78 Å². The first-order chi connectivity index (χ1) is 22.0. The molecule has 0 bridgehead atoms. The predicted molar refractivity (Wildman–Crippen MR) is 166 cm³/mol. The van der Waals surface area contributed by atoms with Crippen molar-refractivity contribution in [3.05, 3.63) is 46.3 Å². The molecule has 2 aliphatic rings. The van der Waals surface area contributed by atoms with Gasteiger partial charge in [-0.2, -0.15) is 18.4 Å². The molecule has 0 aliphatic carbocycles. The van der Waals surface area contributed by atoms with Crippen LogP contribution in [0.5, 0.6) is 11.5 Å². The first-order valence-corrected chi connectivity index (χ1v) is 14.9. The molecule has 1 amide bonds. The van der Waals surface area contributed by atoms with Crippen LogP contribution in [0.3, 0.4) is 0 Å². The molecule has 0 saturated carbocycles. The number of halogens is 3. The zero-order valence-electron chi connectivity index (χ0n) is 27.2. The van der Waals surface area contributed by atoms with Crippen molar-refractivity contribution < 1.29 is 42.1 Å². The van der Waals surface area contributed by atoms with E-state index in [4.69, 9.17) is 24.8 Å². The average molecular weight is 661 g/mol. The number of fused-ring (bicyclic) bond motifs is 1. The lowest BCUT2D eigenvalue weighted by molar-refractivity contribution is -0.192. The van der Waals surface area contributed by atoms with Gasteiger partial charge in [0.05, 0.1) is 32.0 Å². The molecule has 254 valence electrons. The summed E-state index contributed by atoms with van der Waals surface area (Å²) in [6.45, 7) is 10.2. The summed E-state index contributed by atoms with van der Waals surface area (Å²) in [6.07, 6.45) is -3.55. The molecule has 15 heteroatoms. The fourth-order valence-corrected chi connectivity index (χ4v) is 5.27. The highest BCUT2D eigenvalue weighted by Gasteiger charge is 2.38. The minimum absolute atomic E-state index is 0.0136. The summed E-state index contributed by atoms with van der Waals surface area (Å²) in [6, 6.07) is 7.89. The van der Waals surface area contributed by atoms with Gasteiger partial charge in [0.15, 0.2) is 17.2 Å². The minimum Gasteiger partial charge on any atom is -0.494 e. The molecular formula is C32H39F3N6O6. The lowest BCUT2D eigenvalue weighted by atomic mass is 9.84. The Labute approximate surface area is 271 Å². The van der Waals surface area contributed by atoms with E-state index < -0.39 is 18.1 Å². The summed E-state index contributed by atoms with van der Waals surface area (Å²) >= 11 is 0. The molecule has 2 aromatic rings. The molecule has 1 fully saturated rings. The van der Waals surface area contributed by atoms with Crippen LogP contribution in [-0.2, 0) is 16.8 Å². The molecule has 1 aromatic carbocycles. The van der Waals surface area contributed by atoms with E-state index in [1.807, 2.05) is 19.1 Å². The Morgan fingerprint density at radius 1 is 1.17 bits per heavy atom. The number of carboxylic acids is 1. The third kappa shape index (κ3) is 8.49. The van der Waals surface area contributed by atoms with Gasteiger partial charge in [-0.15, -0.1) is 0 Å². The molecule has 0 spiro atoms. The summed E-state index contributed by atoms with van der Waals surface area (Å²) in [5.74, 6) is -2.04. The van der Waals surface area contributed by atoms with Crippen LogP contribution in [-0.4, -0.2) is 85.1 Å². The van der Waals surface area contributed by atoms with E-state index in [0.29, 0.717) is 43.2 Å². The highest BCUT2D eigenvalue weighted by atomic mass is 19.4. The second-order valence-electron chi connectivity index (χ2n) is 12.0. The van der Waals surface area contributed by atoms with Crippen LogP contribution in [0, 0.1) is 22.7 Å². The van der Waals surface area contributed by atoms with Crippen molar-refractivity contribution in [2.24, 2.45) is 5.92 Å². The second-order valence-corrected chi connectivity index (χ2v) is 12.0. The van der Waals surface area contributed by atoms with Crippen molar-refractivity contribution in [2.45, 2.75) is 58.7 Å². The van der Waals surface area contributed by atoms with Gasteiger partial charge in [0.2, 0.25) is 0 Å². The smallest absolute Gasteiger partial charge is 0.490 e. The molecule has 0 radical (unpaired) electrons. The standard InChI is InChI=1S/C30H38N6O4.C2HF3O2/c1-7-40-24-14-20-16-36(28(32)25(20)34-26(24)29(38)33-5)17-23(37)19-12-21(30(2,3)4)27(39-6)22(13-19)35-10-8-18(15-31)9-11-35;3-2(4,5)1(6)7/h12-14,18,32H,7-11,16-17H2,1-6H3,(H,33,38);(H,6,7). The number of methoxy groups -OCH3 is 1. The summed E-state index contributed by atoms with van der Waals surface area (Å²) in [7, 11) is 3.17. The molecule has 2 aliphatic heterocycles. The Morgan fingerprint density at radius 3 is 2.28 bits per heavy atom. The molecule has 1 saturated heterocycles. The minimum atomic E-state index is -5.08. The number of amidine groups is 1. The van der Waals surface area contributed by atoms with Gasteiger partial charge >= 0.3 is 12.1 Å². The first kappa shape index (κ1) is 36.6. The third-order valence-corrected chi connectivity index (χ3v) is 7.71. The summed E-state index contributed by atoms with van der Waals surface area (Å²) in [4.78, 5) is 43.4. The fourth-order valence-electron chi connectivity index (χ4n) is 5.27. The monoisotopic (exact) mass is 660 g/mol. The Hall–Kier alpha value is -4.87. The van der Waals surface area contributed by atoms with Crippen molar-refractivity contribution in [2.75, 3.05) is 45.3 Å². The number of aliphatic carboxylic acids is 1.